The summed E-state index contributed by atoms with van der Waals surface area (Å²) in [7, 11) is 0. The van der Waals surface area contributed by atoms with Gasteiger partial charge in [0.1, 0.15) is 5.82 Å². The molecule has 0 spiro atoms. The molecule has 2 aromatic rings. The summed E-state index contributed by atoms with van der Waals surface area (Å²) >= 11 is 1.76. The number of nitrogens with zero attached hydrogens (tertiary/aromatic N) is 2. The number of imidazole rings is 1. The van der Waals surface area contributed by atoms with Crippen molar-refractivity contribution >= 4 is 17.2 Å². The molecule has 2 aliphatic rings. The fourth-order valence-corrected chi connectivity index (χ4v) is 4.56. The van der Waals surface area contributed by atoms with Crippen LogP contribution in [-0.2, 0) is 25.8 Å². The van der Waals surface area contributed by atoms with E-state index in [1.807, 2.05) is 12.4 Å². The summed E-state index contributed by atoms with van der Waals surface area (Å²) in [5.74, 6) is 1.25. The highest BCUT2D eigenvalue weighted by Gasteiger charge is 2.24. The fourth-order valence-electron chi connectivity index (χ4n) is 3.43. The Morgan fingerprint density at radius 2 is 2.24 bits per heavy atom. The number of hydrogen-bond donors (Lipinski definition) is 1. The molecule has 1 amide bonds. The van der Waals surface area contributed by atoms with Gasteiger partial charge in [-0.25, -0.2) is 4.98 Å². The molecular weight excluding hydrogens is 282 g/mol. The summed E-state index contributed by atoms with van der Waals surface area (Å²) in [6.07, 6.45) is 10.5. The number of thiophene rings is 1. The fraction of sp³-hybridized carbons (Fsp3) is 0.500. The number of aromatic nitrogens is 2. The maximum atomic E-state index is 12.6. The first-order valence-corrected chi connectivity index (χ1v) is 8.59. The number of aryl methyl sites for hydroxylation is 2. The zero-order valence-corrected chi connectivity index (χ0v) is 12.8. The molecule has 1 aliphatic carbocycles. The average molecular weight is 301 g/mol. The van der Waals surface area contributed by atoms with Gasteiger partial charge in [0.25, 0.3) is 5.91 Å². The minimum atomic E-state index is 0.114. The van der Waals surface area contributed by atoms with Crippen molar-refractivity contribution < 1.29 is 4.79 Å². The summed E-state index contributed by atoms with van der Waals surface area (Å²) in [4.78, 5) is 18.3. The highest BCUT2D eigenvalue weighted by molar-refractivity contribution is 7.10. The second-order valence-electron chi connectivity index (χ2n) is 5.96. The topological polar surface area (TPSA) is 46.9 Å². The third kappa shape index (κ3) is 2.39. The molecule has 0 aromatic carbocycles. The van der Waals surface area contributed by atoms with Crippen molar-refractivity contribution in [2.45, 2.75) is 51.1 Å². The van der Waals surface area contributed by atoms with Crippen molar-refractivity contribution in [3.05, 3.63) is 39.6 Å². The van der Waals surface area contributed by atoms with Crippen LogP contribution < -0.4 is 5.32 Å². The Morgan fingerprint density at radius 1 is 1.33 bits per heavy atom. The third-order valence-electron chi connectivity index (χ3n) is 4.58. The standard InChI is InChI=1S/C16H19N3OS/c20-16(13-10-21-14-4-2-1-3-12(13)14)18-11-5-6-15-17-7-8-19(15)9-11/h7-8,10-11H,1-6,9H2,(H,18,20). The smallest absolute Gasteiger partial charge is 0.252 e. The van der Waals surface area contributed by atoms with Crippen molar-refractivity contribution in [3.63, 3.8) is 0 Å². The van der Waals surface area contributed by atoms with Crippen molar-refractivity contribution in [1.29, 1.82) is 0 Å². The molecule has 0 saturated heterocycles. The second-order valence-corrected chi connectivity index (χ2v) is 6.93. The van der Waals surface area contributed by atoms with Gasteiger partial charge < -0.3 is 9.88 Å². The summed E-state index contributed by atoms with van der Waals surface area (Å²) in [5, 5.41) is 5.27. The summed E-state index contributed by atoms with van der Waals surface area (Å²) in [6, 6.07) is 0.221. The minimum absolute atomic E-state index is 0.114. The number of carbonyl (C=O) groups is 1. The van der Waals surface area contributed by atoms with Crippen molar-refractivity contribution in [2.75, 3.05) is 0 Å². The Kier molecular flexibility index (Phi) is 3.30. The molecule has 4 rings (SSSR count). The second kappa shape index (κ2) is 5.30. The molecule has 0 saturated carbocycles. The minimum Gasteiger partial charge on any atom is -0.347 e. The zero-order chi connectivity index (χ0) is 14.2. The molecule has 5 heteroatoms. The summed E-state index contributed by atoms with van der Waals surface area (Å²) < 4.78 is 2.15. The van der Waals surface area contributed by atoms with Crippen molar-refractivity contribution in [3.8, 4) is 0 Å². The van der Waals surface area contributed by atoms with Gasteiger partial charge >= 0.3 is 0 Å². The third-order valence-corrected chi connectivity index (χ3v) is 5.66. The number of fused-ring (bicyclic) bond motifs is 2. The first-order chi connectivity index (χ1) is 10.3. The lowest BCUT2D eigenvalue weighted by Crippen LogP contribution is -2.41. The molecule has 1 atom stereocenters. The molecule has 0 bridgehead atoms. The van der Waals surface area contributed by atoms with Crippen LogP contribution in [0.5, 0.6) is 0 Å². The Labute approximate surface area is 128 Å². The average Bonchev–Trinajstić information content (AvgIpc) is 3.13. The van der Waals surface area contributed by atoms with Crippen LogP contribution in [0.25, 0.3) is 0 Å². The van der Waals surface area contributed by atoms with Gasteiger partial charge in [0.15, 0.2) is 0 Å². The number of rotatable bonds is 2. The molecule has 21 heavy (non-hydrogen) atoms. The Balaban J connectivity index is 1.48. The molecule has 0 fully saturated rings. The van der Waals surface area contributed by atoms with E-state index in [1.54, 1.807) is 11.3 Å². The monoisotopic (exact) mass is 301 g/mol. The number of carbonyl (C=O) groups excluding carboxylic acids is 1. The largest absolute Gasteiger partial charge is 0.347 e. The van der Waals surface area contributed by atoms with E-state index in [0.29, 0.717) is 0 Å². The molecular formula is C16H19N3OS. The highest BCUT2D eigenvalue weighted by Crippen LogP contribution is 2.30. The molecule has 3 heterocycles. The van der Waals surface area contributed by atoms with E-state index < -0.39 is 0 Å². The van der Waals surface area contributed by atoms with Crippen LogP contribution in [0.4, 0.5) is 0 Å². The first kappa shape index (κ1) is 13.1. The lowest BCUT2D eigenvalue weighted by Gasteiger charge is -2.25. The predicted octanol–water partition coefficient (Wildman–Crippen LogP) is 2.57. The van der Waals surface area contributed by atoms with Crippen LogP contribution in [0.3, 0.4) is 0 Å². The molecule has 2 aromatic heterocycles. The maximum absolute atomic E-state index is 12.6. The van der Waals surface area contributed by atoms with E-state index in [-0.39, 0.29) is 11.9 Å². The summed E-state index contributed by atoms with van der Waals surface area (Å²) in [5.41, 5.74) is 2.23. The van der Waals surface area contributed by atoms with Crippen LogP contribution >= 0.6 is 11.3 Å². The van der Waals surface area contributed by atoms with Gasteiger partial charge in [-0.15, -0.1) is 11.3 Å². The van der Waals surface area contributed by atoms with Gasteiger partial charge in [0.2, 0.25) is 0 Å². The van der Waals surface area contributed by atoms with E-state index in [0.717, 1.165) is 43.6 Å². The number of nitrogens with one attached hydrogen (secondary N) is 1. The van der Waals surface area contributed by atoms with Crippen LogP contribution in [0.15, 0.2) is 17.8 Å². The summed E-state index contributed by atoms with van der Waals surface area (Å²) in [6.45, 7) is 0.841. The van der Waals surface area contributed by atoms with E-state index in [2.05, 4.69) is 20.2 Å². The normalized spacial score (nSPS) is 20.7. The quantitative estimate of drug-likeness (QED) is 0.926. The van der Waals surface area contributed by atoms with Crippen LogP contribution in [0, 0.1) is 0 Å². The van der Waals surface area contributed by atoms with Gasteiger partial charge in [-0.3, -0.25) is 4.79 Å². The molecule has 1 N–H and O–H groups in total. The van der Waals surface area contributed by atoms with Crippen molar-refractivity contribution in [2.24, 2.45) is 0 Å². The molecule has 4 nitrogen and oxygen atoms in total. The predicted molar refractivity (Wildman–Crippen MR) is 82.8 cm³/mol. The van der Waals surface area contributed by atoms with E-state index in [9.17, 15) is 4.79 Å². The Bertz CT molecular complexity index is 673. The van der Waals surface area contributed by atoms with Gasteiger partial charge in [0.05, 0.1) is 5.56 Å². The zero-order valence-electron chi connectivity index (χ0n) is 12.0. The van der Waals surface area contributed by atoms with Crippen LogP contribution in [0.2, 0.25) is 0 Å². The van der Waals surface area contributed by atoms with Gasteiger partial charge in [-0.2, -0.15) is 0 Å². The van der Waals surface area contributed by atoms with Gasteiger partial charge in [-0.1, -0.05) is 0 Å². The van der Waals surface area contributed by atoms with E-state index in [4.69, 9.17) is 0 Å². The Hall–Kier alpha value is -1.62. The first-order valence-electron chi connectivity index (χ1n) is 7.71. The van der Waals surface area contributed by atoms with Crippen LogP contribution in [0.1, 0.15) is 45.9 Å². The number of hydrogen-bond acceptors (Lipinski definition) is 3. The number of amides is 1. The van der Waals surface area contributed by atoms with Crippen molar-refractivity contribution in [1.82, 2.24) is 14.9 Å². The SMILES string of the molecule is O=C(NC1CCc2nccn2C1)c1csc2c1CCCC2. The van der Waals surface area contributed by atoms with E-state index >= 15 is 0 Å². The van der Waals surface area contributed by atoms with E-state index in [1.165, 1.54) is 23.3 Å². The molecule has 1 aliphatic heterocycles. The maximum Gasteiger partial charge on any atom is 0.252 e. The van der Waals surface area contributed by atoms with Gasteiger partial charge in [0, 0.05) is 41.7 Å². The lowest BCUT2D eigenvalue weighted by molar-refractivity contribution is 0.0927. The molecule has 0 radical (unpaired) electrons. The highest BCUT2D eigenvalue weighted by atomic mass is 32.1. The lowest BCUT2D eigenvalue weighted by atomic mass is 9.95. The Morgan fingerprint density at radius 3 is 3.19 bits per heavy atom. The van der Waals surface area contributed by atoms with Crippen LogP contribution in [-0.4, -0.2) is 21.5 Å². The molecule has 1 unspecified atom stereocenters. The molecule has 110 valence electrons. The van der Waals surface area contributed by atoms with Gasteiger partial charge in [-0.05, 0) is 37.7 Å².